The van der Waals surface area contributed by atoms with Crippen LogP contribution >= 0.6 is 0 Å². The number of nitrogens with zero attached hydrogens (tertiary/aromatic N) is 4. The summed E-state index contributed by atoms with van der Waals surface area (Å²) in [5.74, 6) is -0.378. The molecule has 0 saturated heterocycles. The van der Waals surface area contributed by atoms with Crippen LogP contribution in [0.15, 0.2) is 16.7 Å². The zero-order valence-corrected chi connectivity index (χ0v) is 17.1. The molecule has 3 rings (SSSR count). The van der Waals surface area contributed by atoms with Crippen molar-refractivity contribution in [2.24, 2.45) is 5.41 Å². The standard InChI is InChI=1S/C19H22F3N5O3/c1-9-6-12-16(27(9)8-11-7-13(26-30-11)19(20,21)22)23-10(2)15(24-12)25-17(29)14(28)18(3,4)5/h6-7,14,28H,8H2,1-5H3,(H,24,25,29)/t14-/m0/s1. The molecule has 11 heteroatoms. The molecule has 0 fully saturated rings. The molecule has 0 unspecified atom stereocenters. The first kappa shape index (κ1) is 21.8. The van der Waals surface area contributed by atoms with Gasteiger partial charge in [-0.05, 0) is 25.3 Å². The van der Waals surface area contributed by atoms with Crippen molar-refractivity contribution in [1.82, 2.24) is 19.7 Å². The number of aliphatic hydroxyl groups is 1. The average Bonchev–Trinajstić information content (AvgIpc) is 3.20. The minimum atomic E-state index is -4.59. The summed E-state index contributed by atoms with van der Waals surface area (Å²) in [4.78, 5) is 21.1. The molecule has 162 valence electrons. The highest BCUT2D eigenvalue weighted by molar-refractivity contribution is 5.94. The van der Waals surface area contributed by atoms with Gasteiger partial charge in [0.2, 0.25) is 0 Å². The van der Waals surface area contributed by atoms with Crippen LogP contribution in [-0.2, 0) is 17.5 Å². The number of aliphatic hydroxyl groups excluding tert-OH is 1. The number of halogens is 3. The number of alkyl halides is 3. The number of hydrogen-bond donors (Lipinski definition) is 2. The fourth-order valence-corrected chi connectivity index (χ4v) is 2.83. The van der Waals surface area contributed by atoms with E-state index in [4.69, 9.17) is 4.52 Å². The van der Waals surface area contributed by atoms with E-state index < -0.39 is 29.3 Å². The molecule has 3 aromatic heterocycles. The Morgan fingerprint density at radius 3 is 2.47 bits per heavy atom. The number of anilines is 1. The van der Waals surface area contributed by atoms with E-state index in [0.29, 0.717) is 22.6 Å². The molecule has 2 N–H and O–H groups in total. The molecule has 0 aliphatic carbocycles. The van der Waals surface area contributed by atoms with Crippen molar-refractivity contribution in [2.75, 3.05) is 5.32 Å². The van der Waals surface area contributed by atoms with Gasteiger partial charge in [-0.2, -0.15) is 13.2 Å². The highest BCUT2D eigenvalue weighted by atomic mass is 19.4. The molecule has 1 atom stereocenters. The van der Waals surface area contributed by atoms with E-state index >= 15 is 0 Å². The number of rotatable bonds is 4. The molecule has 8 nitrogen and oxygen atoms in total. The monoisotopic (exact) mass is 425 g/mol. The number of aryl methyl sites for hydroxylation is 2. The van der Waals surface area contributed by atoms with Crippen LogP contribution in [0.5, 0.6) is 0 Å². The van der Waals surface area contributed by atoms with Crippen molar-refractivity contribution in [1.29, 1.82) is 0 Å². The summed E-state index contributed by atoms with van der Waals surface area (Å²) in [7, 11) is 0. The maximum atomic E-state index is 12.7. The molecule has 0 aliphatic heterocycles. The SMILES string of the molecule is Cc1nc2c(cc(C)n2Cc2cc(C(F)(F)F)no2)nc1NC(=O)[C@H](O)C(C)(C)C. The van der Waals surface area contributed by atoms with Crippen molar-refractivity contribution < 1.29 is 27.6 Å². The van der Waals surface area contributed by atoms with Crippen LogP contribution in [0.3, 0.4) is 0 Å². The Morgan fingerprint density at radius 1 is 1.23 bits per heavy atom. The molecule has 0 radical (unpaired) electrons. The summed E-state index contributed by atoms with van der Waals surface area (Å²) < 4.78 is 44.7. The molecule has 3 aromatic rings. The first-order valence-corrected chi connectivity index (χ1v) is 9.13. The van der Waals surface area contributed by atoms with Gasteiger partial charge in [0.1, 0.15) is 11.6 Å². The third-order valence-electron chi connectivity index (χ3n) is 4.58. The topological polar surface area (TPSA) is 106 Å². The second-order valence-corrected chi connectivity index (χ2v) is 8.17. The Kier molecular flexibility index (Phi) is 5.35. The minimum Gasteiger partial charge on any atom is -0.383 e. The lowest BCUT2D eigenvalue weighted by Crippen LogP contribution is -2.38. The van der Waals surface area contributed by atoms with Crippen LogP contribution in [0, 0.1) is 19.3 Å². The van der Waals surface area contributed by atoms with Crippen molar-refractivity contribution >= 4 is 22.9 Å². The summed E-state index contributed by atoms with van der Waals surface area (Å²) in [6, 6.07) is 2.53. The maximum absolute atomic E-state index is 12.7. The maximum Gasteiger partial charge on any atom is 0.436 e. The molecule has 0 aromatic carbocycles. The minimum absolute atomic E-state index is 0.0129. The first-order chi connectivity index (χ1) is 13.8. The summed E-state index contributed by atoms with van der Waals surface area (Å²) in [5.41, 5.74) is 0.189. The fourth-order valence-electron chi connectivity index (χ4n) is 2.83. The van der Waals surface area contributed by atoms with E-state index in [1.54, 1.807) is 45.3 Å². The van der Waals surface area contributed by atoms with Gasteiger partial charge in [-0.25, -0.2) is 9.97 Å². The molecule has 0 saturated carbocycles. The molecule has 0 bridgehead atoms. The van der Waals surface area contributed by atoms with E-state index in [9.17, 15) is 23.1 Å². The predicted octanol–water partition coefficient (Wildman–Crippen LogP) is 3.45. The Hall–Kier alpha value is -2.95. The van der Waals surface area contributed by atoms with E-state index in [0.717, 1.165) is 6.07 Å². The predicted molar refractivity (Wildman–Crippen MR) is 102 cm³/mol. The third kappa shape index (κ3) is 4.30. The number of aromatic nitrogens is 4. The van der Waals surface area contributed by atoms with Crippen molar-refractivity contribution in [2.45, 2.75) is 53.4 Å². The molecular weight excluding hydrogens is 403 g/mol. The Morgan fingerprint density at radius 2 is 1.90 bits per heavy atom. The molecule has 3 heterocycles. The molecule has 0 spiro atoms. The van der Waals surface area contributed by atoms with E-state index in [1.807, 2.05) is 0 Å². The van der Waals surface area contributed by atoms with Gasteiger partial charge in [0.25, 0.3) is 5.91 Å². The van der Waals surface area contributed by atoms with Gasteiger partial charge in [-0.3, -0.25) is 4.79 Å². The van der Waals surface area contributed by atoms with E-state index in [1.165, 1.54) is 0 Å². The summed E-state index contributed by atoms with van der Waals surface area (Å²) in [6.45, 7) is 8.57. The smallest absolute Gasteiger partial charge is 0.383 e. The zero-order chi connectivity index (χ0) is 22.4. The number of carbonyl (C=O) groups excluding carboxylic acids is 1. The Labute approximate surface area is 170 Å². The summed E-state index contributed by atoms with van der Waals surface area (Å²) >= 11 is 0. The van der Waals surface area contributed by atoms with Crippen LogP contribution in [0.2, 0.25) is 0 Å². The molecule has 0 aliphatic rings. The van der Waals surface area contributed by atoms with Crippen LogP contribution in [0.4, 0.5) is 19.0 Å². The van der Waals surface area contributed by atoms with Crippen molar-refractivity contribution in [3.63, 3.8) is 0 Å². The van der Waals surface area contributed by atoms with Gasteiger partial charge in [-0.15, -0.1) is 0 Å². The average molecular weight is 425 g/mol. The number of nitrogens with one attached hydrogen (secondary N) is 1. The van der Waals surface area contributed by atoms with E-state index in [2.05, 4.69) is 20.4 Å². The summed E-state index contributed by atoms with van der Waals surface area (Å²) in [6.07, 6.45) is -5.83. The number of hydrogen-bond acceptors (Lipinski definition) is 6. The largest absolute Gasteiger partial charge is 0.436 e. The fraction of sp³-hybridized carbons (Fsp3) is 0.474. The third-order valence-corrected chi connectivity index (χ3v) is 4.58. The van der Waals surface area contributed by atoms with Crippen LogP contribution < -0.4 is 5.32 Å². The molecular formula is C19H22F3N5O3. The molecule has 30 heavy (non-hydrogen) atoms. The van der Waals surface area contributed by atoms with Gasteiger partial charge in [0.15, 0.2) is 22.9 Å². The summed E-state index contributed by atoms with van der Waals surface area (Å²) in [5, 5.41) is 15.8. The van der Waals surface area contributed by atoms with Gasteiger partial charge >= 0.3 is 6.18 Å². The van der Waals surface area contributed by atoms with Gasteiger partial charge in [0, 0.05) is 11.8 Å². The Balaban J connectivity index is 1.91. The Bertz CT molecular complexity index is 1100. The van der Waals surface area contributed by atoms with Crippen molar-refractivity contribution in [3.8, 4) is 0 Å². The van der Waals surface area contributed by atoms with Crippen molar-refractivity contribution in [3.05, 3.63) is 35.0 Å². The lowest BCUT2D eigenvalue weighted by molar-refractivity contribution is -0.142. The number of carbonyl (C=O) groups is 1. The van der Waals surface area contributed by atoms with Gasteiger partial charge in [-0.1, -0.05) is 25.9 Å². The second-order valence-electron chi connectivity index (χ2n) is 8.17. The highest BCUT2D eigenvalue weighted by Gasteiger charge is 2.35. The lowest BCUT2D eigenvalue weighted by atomic mass is 9.88. The van der Waals surface area contributed by atoms with Gasteiger partial charge < -0.3 is 19.5 Å². The second kappa shape index (κ2) is 7.38. The molecule has 1 amide bonds. The van der Waals surface area contributed by atoms with Crippen LogP contribution in [0.1, 0.15) is 43.6 Å². The lowest BCUT2D eigenvalue weighted by Gasteiger charge is -2.24. The number of fused-ring (bicyclic) bond motifs is 1. The van der Waals surface area contributed by atoms with E-state index in [-0.39, 0.29) is 18.1 Å². The normalized spacial score (nSPS) is 13.6. The van der Waals surface area contributed by atoms with Crippen LogP contribution in [-0.4, -0.2) is 36.8 Å². The first-order valence-electron chi connectivity index (χ1n) is 9.13. The van der Waals surface area contributed by atoms with Gasteiger partial charge in [0.05, 0.1) is 12.2 Å². The zero-order valence-electron chi connectivity index (χ0n) is 17.1. The number of amides is 1. The quantitative estimate of drug-likeness (QED) is 0.663. The highest BCUT2D eigenvalue weighted by Crippen LogP contribution is 2.29. The van der Waals surface area contributed by atoms with Crippen LogP contribution in [0.25, 0.3) is 11.2 Å².